The third kappa shape index (κ3) is 5.14. The number of nitrogens with zero attached hydrogens (tertiary/aromatic N) is 2. The van der Waals surface area contributed by atoms with E-state index in [4.69, 9.17) is 55.9 Å². The largest absolute Gasteiger partial charge is 0.456 e. The Morgan fingerprint density at radius 1 is 0.328 bits per heavy atom. The molecule has 0 spiro atoms. The third-order valence-corrected chi connectivity index (χ3v) is 13.1. The van der Waals surface area contributed by atoms with Crippen LogP contribution in [0.25, 0.3) is 121 Å². The van der Waals surface area contributed by atoms with Crippen LogP contribution in [-0.2, 0) is 0 Å². The van der Waals surface area contributed by atoms with Gasteiger partial charge < -0.3 is 18.0 Å². The van der Waals surface area contributed by atoms with E-state index in [9.17, 15) is 0 Å². The molecule has 0 aliphatic rings. The summed E-state index contributed by atoms with van der Waals surface area (Å²) in [5, 5.41) is 7.64. The van der Waals surface area contributed by atoms with Crippen molar-refractivity contribution in [2.45, 2.75) is 0 Å². The van der Waals surface area contributed by atoms with Crippen molar-refractivity contribution in [3.05, 3.63) is 158 Å². The maximum absolute atomic E-state index is 7.35. The van der Waals surface area contributed by atoms with Gasteiger partial charge in [-0.05, 0) is 113 Å². The Bertz CT molecular complexity index is 4160. The summed E-state index contributed by atoms with van der Waals surface area (Å²) in [6, 6.07) is 53.9. The lowest BCUT2D eigenvalue weighted by Gasteiger charge is -2.16. The van der Waals surface area contributed by atoms with Gasteiger partial charge in [0.2, 0.25) is 0 Å². The van der Waals surface area contributed by atoms with Crippen molar-refractivity contribution in [1.29, 1.82) is 0 Å². The summed E-state index contributed by atoms with van der Waals surface area (Å²) in [5.74, 6) is 0. The topological polar surface area (TPSA) is 36.1 Å². The molecule has 12 radical (unpaired) electrons. The predicted molar refractivity (Wildman–Crippen MR) is 273 cm³/mol. The molecule has 282 valence electrons. The molecule has 0 saturated heterocycles. The van der Waals surface area contributed by atoms with Crippen LogP contribution in [0.4, 0.5) is 0 Å². The number of para-hydroxylation sites is 3. The van der Waals surface area contributed by atoms with Crippen LogP contribution < -0.4 is 32.8 Å². The van der Waals surface area contributed by atoms with E-state index in [1.165, 1.54) is 0 Å². The predicted octanol–water partition coefficient (Wildman–Crippen LogP) is 7.78. The van der Waals surface area contributed by atoms with Crippen molar-refractivity contribution in [2.24, 2.45) is 0 Å². The first kappa shape index (κ1) is 37.2. The number of hydrogen-bond donors (Lipinski definition) is 0. The van der Waals surface area contributed by atoms with E-state index in [1.54, 1.807) is 0 Å². The fourth-order valence-electron chi connectivity index (χ4n) is 10.1. The number of aromatic nitrogens is 2. The highest BCUT2D eigenvalue weighted by Gasteiger charge is 2.23. The Hall–Kier alpha value is -7.43. The first-order valence-corrected chi connectivity index (χ1v) is 21.0. The second-order valence-corrected chi connectivity index (χ2v) is 16.6. The van der Waals surface area contributed by atoms with Crippen LogP contribution in [0.1, 0.15) is 0 Å². The first-order chi connectivity index (χ1) is 31.2. The summed E-state index contributed by atoms with van der Waals surface area (Å²) in [5.41, 5.74) is 14.3. The quantitative estimate of drug-likeness (QED) is 0.171. The van der Waals surface area contributed by atoms with Crippen LogP contribution in [0.5, 0.6) is 0 Å². The molecule has 4 nitrogen and oxygen atoms in total. The zero-order chi connectivity index (χ0) is 43.1. The van der Waals surface area contributed by atoms with E-state index in [2.05, 4.69) is 89.5 Å². The second kappa shape index (κ2) is 13.5. The highest BCUT2D eigenvalue weighted by Crippen LogP contribution is 2.40. The minimum Gasteiger partial charge on any atom is -0.456 e. The summed E-state index contributed by atoms with van der Waals surface area (Å²) < 4.78 is 16.8. The highest BCUT2D eigenvalue weighted by molar-refractivity contribution is 6.68. The van der Waals surface area contributed by atoms with Crippen LogP contribution in [0.2, 0.25) is 0 Å². The van der Waals surface area contributed by atoms with Crippen molar-refractivity contribution < 1.29 is 8.83 Å². The maximum Gasteiger partial charge on any atom is 0.135 e. The molecule has 0 atom stereocenters. The molecule has 9 aromatic carbocycles. The van der Waals surface area contributed by atoms with Crippen LogP contribution in [-0.4, -0.2) is 56.2 Å². The lowest BCUT2D eigenvalue weighted by molar-refractivity contribution is 0.668. The van der Waals surface area contributed by atoms with Gasteiger partial charge in [-0.1, -0.05) is 94.6 Å². The summed E-state index contributed by atoms with van der Waals surface area (Å²) >= 11 is 0. The average molecular weight is 800 g/mol. The zero-order valence-corrected chi connectivity index (χ0v) is 34.2. The molecule has 0 unspecified atom stereocenters. The van der Waals surface area contributed by atoms with Crippen molar-refractivity contribution in [3.8, 4) is 33.6 Å². The van der Waals surface area contributed by atoms with Crippen molar-refractivity contribution in [1.82, 2.24) is 9.13 Å². The summed E-state index contributed by atoms with van der Waals surface area (Å²) in [4.78, 5) is 0. The average Bonchev–Trinajstić information content (AvgIpc) is 4.07. The molecule has 0 saturated carbocycles. The van der Waals surface area contributed by atoms with Crippen LogP contribution >= 0.6 is 0 Å². The number of rotatable bonds is 4. The van der Waals surface area contributed by atoms with Crippen LogP contribution in [0.3, 0.4) is 0 Å². The first-order valence-electron chi connectivity index (χ1n) is 21.0. The van der Waals surface area contributed by atoms with Gasteiger partial charge in [-0.15, -0.1) is 10.9 Å². The van der Waals surface area contributed by atoms with Gasteiger partial charge in [0.1, 0.15) is 69.4 Å². The molecule has 13 aromatic rings. The van der Waals surface area contributed by atoms with Crippen LogP contribution in [0, 0.1) is 0 Å². The summed E-state index contributed by atoms with van der Waals surface area (Å²) in [7, 11) is 41.1. The van der Waals surface area contributed by atoms with Gasteiger partial charge in [-0.3, -0.25) is 0 Å². The molecule has 4 aromatic heterocycles. The maximum atomic E-state index is 7.35. The van der Waals surface area contributed by atoms with E-state index in [0.29, 0.717) is 43.7 Å². The Labute approximate surface area is 374 Å². The Balaban J connectivity index is 1.08. The van der Waals surface area contributed by atoms with Gasteiger partial charge in [0, 0.05) is 54.6 Å². The molecule has 13 rings (SSSR count). The number of hydrogen-bond acceptors (Lipinski definition) is 2. The fourth-order valence-corrected chi connectivity index (χ4v) is 10.1. The van der Waals surface area contributed by atoms with Crippen molar-refractivity contribution in [2.75, 3.05) is 0 Å². The zero-order valence-electron chi connectivity index (χ0n) is 34.2. The number of benzene rings is 9. The monoisotopic (exact) mass is 800 g/mol. The molecule has 0 fully saturated rings. The van der Waals surface area contributed by atoms with Gasteiger partial charge >= 0.3 is 0 Å². The third-order valence-electron chi connectivity index (χ3n) is 13.1. The van der Waals surface area contributed by atoms with E-state index in [1.807, 2.05) is 77.4 Å². The molecule has 4 heterocycles. The SMILES string of the molecule is [B]c1cc2c(c([B])c1-c1ccc3c(c1)c1cc(-c4ccc5oc6ccccc6c5c4)ccc1n3-c1ccc3oc4ccccc4c3c1)c1c([B])c([B])c([B])c([B])c1n2-c1ccccc1. The van der Waals surface area contributed by atoms with Gasteiger partial charge in [0.15, 0.2) is 0 Å². The van der Waals surface area contributed by atoms with Gasteiger partial charge in [-0.25, -0.2) is 0 Å². The normalized spacial score (nSPS) is 12.1. The van der Waals surface area contributed by atoms with E-state index in [0.717, 1.165) is 99.3 Å². The number of fused-ring (bicyclic) bond motifs is 12. The second-order valence-electron chi connectivity index (χ2n) is 16.6. The number of furan rings is 2. The Morgan fingerprint density at radius 2 is 0.859 bits per heavy atom. The highest BCUT2D eigenvalue weighted by atomic mass is 16.3. The minimum absolute atomic E-state index is 0.210. The van der Waals surface area contributed by atoms with Gasteiger partial charge in [0.25, 0.3) is 0 Å². The van der Waals surface area contributed by atoms with E-state index in [-0.39, 0.29) is 10.9 Å². The Morgan fingerprint density at radius 3 is 1.55 bits per heavy atom. The molecule has 10 heteroatoms. The van der Waals surface area contributed by atoms with Gasteiger partial charge in [0.05, 0.1) is 16.6 Å². The lowest BCUT2D eigenvalue weighted by Crippen LogP contribution is -2.48. The van der Waals surface area contributed by atoms with Gasteiger partial charge in [-0.2, -0.15) is 0 Å². The molecule has 0 aliphatic heterocycles. The standard InChI is InChI=1S/C54H26B6N2O2/c55-38-26-41-47(48-50(57)51(58)52(59)53(60)54(48)62(41)30-8-2-1-3-9-30)49(56)46(38)29-15-19-40-35(24-29)34-22-27(28-16-20-44-36(23-28)32-10-4-6-12-42(32)63-44)14-18-39(34)61(40)31-17-21-45-37(25-31)33-11-5-7-13-43(33)64-45/h1-26H. The summed E-state index contributed by atoms with van der Waals surface area (Å²) in [6.45, 7) is 0. The van der Waals surface area contributed by atoms with Crippen LogP contribution in [0.15, 0.2) is 167 Å². The van der Waals surface area contributed by atoms with Crippen molar-refractivity contribution >= 4 is 167 Å². The fraction of sp³-hybridized carbons (Fsp3) is 0. The minimum atomic E-state index is 0.210. The molecule has 0 N–H and O–H groups in total. The van der Waals surface area contributed by atoms with Crippen molar-refractivity contribution in [3.63, 3.8) is 0 Å². The molecular formula is C54H26B6N2O2. The Kier molecular flexibility index (Phi) is 7.86. The van der Waals surface area contributed by atoms with E-state index < -0.39 is 0 Å². The smallest absolute Gasteiger partial charge is 0.135 e. The molecule has 0 aliphatic carbocycles. The molecule has 0 bridgehead atoms. The van der Waals surface area contributed by atoms with E-state index >= 15 is 0 Å². The lowest BCUT2D eigenvalue weighted by atomic mass is 9.65. The molecular weight excluding hydrogens is 773 g/mol. The summed E-state index contributed by atoms with van der Waals surface area (Å²) in [6.07, 6.45) is 0. The molecule has 64 heavy (non-hydrogen) atoms. The molecule has 0 amide bonds.